The van der Waals surface area contributed by atoms with Gasteiger partial charge in [0.2, 0.25) is 0 Å². The molecule has 25 heavy (non-hydrogen) atoms. The summed E-state index contributed by atoms with van der Waals surface area (Å²) in [5.41, 5.74) is 5.97. The third-order valence-corrected chi connectivity index (χ3v) is 3.53. The number of rotatable bonds is 5. The Bertz CT molecular complexity index is 596. The van der Waals surface area contributed by atoms with Gasteiger partial charge in [-0.15, -0.1) is 12.4 Å². The van der Waals surface area contributed by atoms with Crippen molar-refractivity contribution in [1.29, 1.82) is 0 Å². The van der Waals surface area contributed by atoms with Gasteiger partial charge in [0.25, 0.3) is 11.8 Å². The van der Waals surface area contributed by atoms with Crippen LogP contribution in [-0.2, 0) is 9.53 Å². The smallest absolute Gasteiger partial charge is 0.364 e. The number of hydrogen-bond donors (Lipinski definition) is 3. The Kier molecular flexibility index (Phi) is 7.65. The Morgan fingerprint density at radius 2 is 1.84 bits per heavy atom. The highest BCUT2D eigenvalue weighted by Crippen LogP contribution is 2.20. The molecule has 10 heteroatoms. The second kappa shape index (κ2) is 9.02. The zero-order valence-electron chi connectivity index (χ0n) is 13.1. The van der Waals surface area contributed by atoms with Crippen LogP contribution in [0, 0.1) is 0 Å². The number of benzene rings is 1. The maximum atomic E-state index is 12.1. The van der Waals surface area contributed by atoms with Crippen LogP contribution in [0.5, 0.6) is 0 Å². The lowest BCUT2D eigenvalue weighted by molar-refractivity contribution is -0.126. The topological polar surface area (TPSA) is 93.5 Å². The van der Waals surface area contributed by atoms with Gasteiger partial charge in [0.1, 0.15) is 12.6 Å². The molecule has 2 atom stereocenters. The molecule has 2 rings (SSSR count). The van der Waals surface area contributed by atoms with Crippen LogP contribution in [-0.4, -0.2) is 43.3 Å². The molecule has 4 N–H and O–H groups in total. The molecular formula is C15H19ClF3N3O3. The summed E-state index contributed by atoms with van der Waals surface area (Å²) in [5.74, 6) is -1.16. The molecule has 0 aliphatic carbocycles. The van der Waals surface area contributed by atoms with E-state index in [1.165, 1.54) is 24.3 Å². The van der Waals surface area contributed by atoms with Gasteiger partial charge >= 0.3 is 6.18 Å². The van der Waals surface area contributed by atoms with Crippen molar-refractivity contribution in [2.24, 2.45) is 5.73 Å². The predicted octanol–water partition coefficient (Wildman–Crippen LogP) is 1.85. The number of ether oxygens (including phenoxy) is 1. The van der Waals surface area contributed by atoms with Crippen molar-refractivity contribution in [3.63, 3.8) is 0 Å². The van der Waals surface area contributed by atoms with Crippen LogP contribution in [0.15, 0.2) is 24.3 Å². The Labute approximate surface area is 148 Å². The van der Waals surface area contributed by atoms with E-state index in [1.54, 1.807) is 5.32 Å². The molecule has 1 saturated heterocycles. The molecule has 1 aromatic carbocycles. The van der Waals surface area contributed by atoms with Gasteiger partial charge in [-0.3, -0.25) is 9.59 Å². The molecule has 1 aliphatic heterocycles. The Balaban J connectivity index is 0.00000312. The Hall–Kier alpha value is -1.84. The molecule has 6 nitrogen and oxygen atoms in total. The molecule has 0 radical (unpaired) electrons. The highest BCUT2D eigenvalue weighted by Gasteiger charge is 2.30. The van der Waals surface area contributed by atoms with E-state index in [0.29, 0.717) is 25.1 Å². The van der Waals surface area contributed by atoms with E-state index in [4.69, 9.17) is 10.5 Å². The fourth-order valence-corrected chi connectivity index (χ4v) is 2.28. The van der Waals surface area contributed by atoms with Crippen molar-refractivity contribution in [2.75, 3.05) is 18.4 Å². The average molecular weight is 382 g/mol. The Morgan fingerprint density at radius 1 is 1.20 bits per heavy atom. The minimum absolute atomic E-state index is 0. The molecule has 2 amide bonds. The molecule has 1 heterocycles. The van der Waals surface area contributed by atoms with Gasteiger partial charge in [0.15, 0.2) is 0 Å². The van der Waals surface area contributed by atoms with Crippen molar-refractivity contribution in [3.8, 4) is 0 Å². The van der Waals surface area contributed by atoms with E-state index < -0.39 is 24.7 Å². The summed E-state index contributed by atoms with van der Waals surface area (Å²) in [6, 6.07) is 5.55. The van der Waals surface area contributed by atoms with Gasteiger partial charge in [-0.05, 0) is 37.1 Å². The largest absolute Gasteiger partial charge is 0.405 e. The summed E-state index contributed by atoms with van der Waals surface area (Å²) in [6.07, 6.45) is -3.88. The van der Waals surface area contributed by atoms with E-state index in [9.17, 15) is 22.8 Å². The van der Waals surface area contributed by atoms with E-state index >= 15 is 0 Å². The normalized spacial score (nSPS) is 19.8. The van der Waals surface area contributed by atoms with Gasteiger partial charge in [-0.2, -0.15) is 13.2 Å². The van der Waals surface area contributed by atoms with Crippen LogP contribution in [0.1, 0.15) is 23.2 Å². The van der Waals surface area contributed by atoms with E-state index in [-0.39, 0.29) is 30.0 Å². The van der Waals surface area contributed by atoms with Gasteiger partial charge < -0.3 is 21.1 Å². The number of carbonyl (C=O) groups is 2. The summed E-state index contributed by atoms with van der Waals surface area (Å²) < 4.78 is 41.6. The lowest BCUT2D eigenvalue weighted by Gasteiger charge is -2.13. The van der Waals surface area contributed by atoms with Crippen LogP contribution in [0.3, 0.4) is 0 Å². The molecule has 1 fully saturated rings. The lowest BCUT2D eigenvalue weighted by atomic mass is 10.1. The maximum Gasteiger partial charge on any atom is 0.405 e. The van der Waals surface area contributed by atoms with Crippen molar-refractivity contribution >= 4 is 29.9 Å². The third-order valence-electron chi connectivity index (χ3n) is 3.53. The standard InChI is InChI=1S/C15H18F3N3O3.ClH/c16-15(17,18)8-20-13(22)9-1-3-10(4-2-9)21-14(23)12-6-5-11(7-19)24-12;/h1-4,11-12H,5-8,19H2,(H,20,22)(H,21,23);1H/t11-,12+;/m1./s1. The first-order valence-electron chi connectivity index (χ1n) is 7.40. The first-order chi connectivity index (χ1) is 11.3. The quantitative estimate of drug-likeness (QED) is 0.725. The summed E-state index contributed by atoms with van der Waals surface area (Å²) in [5, 5.41) is 4.41. The number of nitrogens with two attached hydrogens (primary N) is 1. The van der Waals surface area contributed by atoms with E-state index in [1.807, 2.05) is 0 Å². The fourth-order valence-electron chi connectivity index (χ4n) is 2.28. The minimum atomic E-state index is -4.47. The third kappa shape index (κ3) is 6.52. The summed E-state index contributed by atoms with van der Waals surface area (Å²) in [4.78, 5) is 23.6. The summed E-state index contributed by atoms with van der Waals surface area (Å²) in [6.45, 7) is -1.04. The molecule has 0 unspecified atom stereocenters. The molecular weight excluding hydrogens is 363 g/mol. The van der Waals surface area contributed by atoms with Gasteiger partial charge in [-0.1, -0.05) is 0 Å². The number of hydrogen-bond acceptors (Lipinski definition) is 4. The molecule has 0 saturated carbocycles. The predicted molar refractivity (Wildman–Crippen MR) is 87.7 cm³/mol. The van der Waals surface area contributed by atoms with Crippen LogP contribution in [0.4, 0.5) is 18.9 Å². The van der Waals surface area contributed by atoms with Gasteiger partial charge in [0.05, 0.1) is 6.10 Å². The maximum absolute atomic E-state index is 12.1. The average Bonchev–Trinajstić information content (AvgIpc) is 3.02. The van der Waals surface area contributed by atoms with Crippen molar-refractivity contribution in [2.45, 2.75) is 31.2 Å². The molecule has 0 bridgehead atoms. The van der Waals surface area contributed by atoms with Crippen molar-refractivity contribution < 1.29 is 27.5 Å². The molecule has 140 valence electrons. The molecule has 0 aromatic heterocycles. The minimum Gasteiger partial charge on any atom is -0.364 e. The SMILES string of the molecule is Cl.NC[C@H]1CC[C@@H](C(=O)Nc2ccc(C(=O)NCC(F)(F)F)cc2)O1. The van der Waals surface area contributed by atoms with Gasteiger partial charge in [0, 0.05) is 17.8 Å². The van der Waals surface area contributed by atoms with Crippen molar-refractivity contribution in [1.82, 2.24) is 5.32 Å². The zero-order chi connectivity index (χ0) is 17.7. The fraction of sp³-hybridized carbons (Fsp3) is 0.467. The second-order valence-corrected chi connectivity index (χ2v) is 5.42. The number of halogens is 4. The second-order valence-electron chi connectivity index (χ2n) is 5.42. The van der Waals surface area contributed by atoms with Crippen LogP contribution >= 0.6 is 12.4 Å². The number of carbonyl (C=O) groups excluding carboxylic acids is 2. The van der Waals surface area contributed by atoms with Crippen molar-refractivity contribution in [3.05, 3.63) is 29.8 Å². The first-order valence-corrected chi connectivity index (χ1v) is 7.40. The summed E-state index contributed by atoms with van der Waals surface area (Å²) in [7, 11) is 0. The van der Waals surface area contributed by atoms with Crippen LogP contribution in [0.25, 0.3) is 0 Å². The van der Waals surface area contributed by atoms with Crippen LogP contribution < -0.4 is 16.4 Å². The monoisotopic (exact) mass is 381 g/mol. The van der Waals surface area contributed by atoms with Gasteiger partial charge in [-0.25, -0.2) is 0 Å². The number of alkyl halides is 3. The zero-order valence-corrected chi connectivity index (χ0v) is 14.0. The molecule has 1 aliphatic rings. The highest BCUT2D eigenvalue weighted by molar-refractivity contribution is 5.97. The highest BCUT2D eigenvalue weighted by atomic mass is 35.5. The number of amides is 2. The first kappa shape index (κ1) is 21.2. The number of nitrogens with one attached hydrogen (secondary N) is 2. The van der Waals surface area contributed by atoms with E-state index in [2.05, 4.69) is 5.32 Å². The molecule has 0 spiro atoms. The lowest BCUT2D eigenvalue weighted by Crippen LogP contribution is -2.33. The molecule has 1 aromatic rings. The van der Waals surface area contributed by atoms with E-state index in [0.717, 1.165) is 0 Å². The number of anilines is 1. The van der Waals surface area contributed by atoms with Crippen LogP contribution in [0.2, 0.25) is 0 Å². The Morgan fingerprint density at radius 3 is 2.36 bits per heavy atom. The summed E-state index contributed by atoms with van der Waals surface area (Å²) >= 11 is 0.